The average Bonchev–Trinajstić information content (AvgIpc) is 3.08. The minimum Gasteiger partial charge on any atom is -0.393 e. The van der Waals surface area contributed by atoms with E-state index in [0.29, 0.717) is 6.42 Å². The molecule has 24 heavy (non-hydrogen) atoms. The van der Waals surface area contributed by atoms with Crippen LogP contribution >= 0.6 is 0 Å². The van der Waals surface area contributed by atoms with Crippen LogP contribution < -0.4 is 11.3 Å². The lowest BCUT2D eigenvalue weighted by molar-refractivity contribution is -0.122. The van der Waals surface area contributed by atoms with Crippen LogP contribution in [0.25, 0.3) is 21.6 Å². The van der Waals surface area contributed by atoms with Crippen molar-refractivity contribution in [3.05, 3.63) is 27.1 Å². The summed E-state index contributed by atoms with van der Waals surface area (Å²) in [5, 5.41) is 23.5. The topological polar surface area (TPSA) is 188 Å². The molecule has 12 nitrogen and oxygen atoms in total. The van der Waals surface area contributed by atoms with Gasteiger partial charge in [-0.1, -0.05) is 12.0 Å². The Morgan fingerprint density at radius 2 is 2.42 bits per heavy atom. The molecule has 4 atom stereocenters. The maximum absolute atomic E-state index is 11.9. The minimum absolute atomic E-state index is 0.0578. The molecule has 0 saturated carbocycles. The quantitative estimate of drug-likeness (QED) is 0.332. The van der Waals surface area contributed by atoms with Crippen LogP contribution in [0.15, 0.2) is 16.2 Å². The van der Waals surface area contributed by atoms with Crippen LogP contribution in [0.1, 0.15) is 19.6 Å². The Morgan fingerprint density at radius 3 is 3.04 bits per heavy atom. The summed E-state index contributed by atoms with van der Waals surface area (Å²) in [7, 11) is 0. The number of H-pyrrole nitrogens is 1. The molecule has 0 bridgehead atoms. The highest BCUT2D eigenvalue weighted by Gasteiger charge is 2.54. The van der Waals surface area contributed by atoms with Gasteiger partial charge in [0.2, 0.25) is 5.95 Å². The number of fused-ring (bicyclic) bond motifs is 1. The predicted octanol–water partition coefficient (Wildman–Crippen LogP) is -0.383. The summed E-state index contributed by atoms with van der Waals surface area (Å²) in [5.74, 6) is -0.619. The Morgan fingerprint density at radius 1 is 1.67 bits per heavy atom. The first-order valence-electron chi connectivity index (χ1n) is 7.22. The maximum atomic E-state index is 11.9. The van der Waals surface area contributed by atoms with Gasteiger partial charge >= 0.3 is 0 Å². The van der Waals surface area contributed by atoms with E-state index in [0.717, 1.165) is 0 Å². The fraction of sp³-hybridized carbons (Fsp3) is 0.583. The van der Waals surface area contributed by atoms with E-state index >= 15 is 0 Å². The molecular weight excluding hydrogens is 320 g/mol. The number of hydrogen-bond acceptors (Lipinski definition) is 8. The van der Waals surface area contributed by atoms with Crippen molar-refractivity contribution in [2.45, 2.75) is 31.4 Å². The molecule has 5 N–H and O–H groups in total. The number of aliphatic hydroxyl groups excluding tert-OH is 2. The molecule has 0 radical (unpaired) electrons. The lowest BCUT2D eigenvalue weighted by atomic mass is 9.94. The molecule has 2 aromatic rings. The average molecular weight is 336 g/mol. The first-order chi connectivity index (χ1) is 11.5. The van der Waals surface area contributed by atoms with Crippen molar-refractivity contribution < 1.29 is 14.9 Å². The zero-order chi connectivity index (χ0) is 17.5. The van der Waals surface area contributed by atoms with Gasteiger partial charge in [-0.15, -0.1) is 0 Å². The molecule has 0 unspecified atom stereocenters. The number of aromatic nitrogens is 4. The highest BCUT2D eigenvalue weighted by atomic mass is 16.6. The van der Waals surface area contributed by atoms with Gasteiger partial charge < -0.3 is 20.7 Å². The van der Waals surface area contributed by atoms with Gasteiger partial charge in [0, 0.05) is 10.8 Å². The van der Waals surface area contributed by atoms with Gasteiger partial charge in [-0.2, -0.15) is 4.98 Å². The lowest BCUT2D eigenvalue weighted by Gasteiger charge is -2.24. The Balaban J connectivity index is 2.15. The maximum Gasteiger partial charge on any atom is 0.280 e. The summed E-state index contributed by atoms with van der Waals surface area (Å²) < 4.78 is 7.13. The number of nitrogens with one attached hydrogen (secondary N) is 1. The Hall–Kier alpha value is -2.66. The molecule has 3 rings (SSSR count). The Kier molecular flexibility index (Phi) is 3.89. The van der Waals surface area contributed by atoms with Crippen molar-refractivity contribution in [2.75, 3.05) is 12.3 Å². The molecule has 0 spiro atoms. The van der Waals surface area contributed by atoms with E-state index in [1.54, 1.807) is 0 Å². The number of nitrogens with zero attached hydrogens (tertiary/aromatic N) is 6. The van der Waals surface area contributed by atoms with Crippen LogP contribution in [0.4, 0.5) is 5.95 Å². The van der Waals surface area contributed by atoms with Crippen molar-refractivity contribution in [3.8, 4) is 0 Å². The zero-order valence-corrected chi connectivity index (χ0v) is 12.7. The van der Waals surface area contributed by atoms with Crippen LogP contribution in [0, 0.1) is 5.92 Å². The van der Waals surface area contributed by atoms with Gasteiger partial charge in [0.15, 0.2) is 16.9 Å². The molecule has 3 heterocycles. The second kappa shape index (κ2) is 5.76. The number of azide groups is 1. The molecule has 0 aliphatic carbocycles. The largest absolute Gasteiger partial charge is 0.393 e. The number of ether oxygens (including phenoxy) is 1. The summed E-state index contributed by atoms with van der Waals surface area (Å²) in [6.07, 6.45) is -0.311. The smallest absolute Gasteiger partial charge is 0.280 e. The van der Waals surface area contributed by atoms with Crippen LogP contribution in [0.5, 0.6) is 0 Å². The number of imidazole rings is 1. The van der Waals surface area contributed by atoms with Crippen molar-refractivity contribution in [1.29, 1.82) is 0 Å². The van der Waals surface area contributed by atoms with Crippen molar-refractivity contribution in [3.63, 3.8) is 0 Å². The van der Waals surface area contributed by atoms with Gasteiger partial charge in [0.05, 0.1) is 19.0 Å². The highest BCUT2D eigenvalue weighted by Crippen LogP contribution is 2.44. The van der Waals surface area contributed by atoms with E-state index in [9.17, 15) is 15.0 Å². The van der Waals surface area contributed by atoms with E-state index in [1.807, 2.05) is 6.92 Å². The van der Waals surface area contributed by atoms with Crippen LogP contribution in [0.2, 0.25) is 0 Å². The fourth-order valence-corrected chi connectivity index (χ4v) is 2.99. The third-order valence-corrected chi connectivity index (χ3v) is 4.20. The summed E-state index contributed by atoms with van der Waals surface area (Å²) >= 11 is 0. The zero-order valence-electron chi connectivity index (χ0n) is 12.7. The summed E-state index contributed by atoms with van der Waals surface area (Å²) in [6, 6.07) is 0. The van der Waals surface area contributed by atoms with Crippen LogP contribution in [-0.4, -0.2) is 48.2 Å². The molecule has 1 aliphatic heterocycles. The second-order valence-corrected chi connectivity index (χ2v) is 5.49. The van der Waals surface area contributed by atoms with E-state index in [4.69, 9.17) is 16.0 Å². The normalized spacial score (nSPS) is 29.7. The number of rotatable bonds is 4. The van der Waals surface area contributed by atoms with E-state index in [-0.39, 0.29) is 17.1 Å². The van der Waals surface area contributed by atoms with Gasteiger partial charge in [0.1, 0.15) is 6.23 Å². The number of nitrogens with two attached hydrogens (primary N) is 1. The summed E-state index contributed by atoms with van der Waals surface area (Å²) in [5.41, 5.74) is 12.2. The van der Waals surface area contributed by atoms with Crippen molar-refractivity contribution >= 4 is 17.1 Å². The predicted molar refractivity (Wildman–Crippen MR) is 81.4 cm³/mol. The van der Waals surface area contributed by atoms with E-state index in [2.05, 4.69) is 25.0 Å². The lowest BCUT2D eigenvalue weighted by Crippen LogP contribution is -2.42. The molecule has 1 aliphatic rings. The first kappa shape index (κ1) is 16.2. The third kappa shape index (κ3) is 2.20. The van der Waals surface area contributed by atoms with Crippen LogP contribution in [0.3, 0.4) is 0 Å². The third-order valence-electron chi connectivity index (χ3n) is 4.20. The second-order valence-electron chi connectivity index (χ2n) is 5.49. The van der Waals surface area contributed by atoms with Gasteiger partial charge in [-0.05, 0) is 12.0 Å². The molecule has 12 heteroatoms. The molecule has 1 fully saturated rings. The standard InChI is InChI=1S/C12H16N8O4/c1-2-5-7(22)12(3-21,18-19-14)24-10(5)20-4-15-6-8(20)16-11(13)17-9(6)23/h4-5,7,10,21-22H,2-3H2,1H3,(H3,13,16,17,23)/t5-,7-,10+,12+/m0/s1. The van der Waals surface area contributed by atoms with E-state index < -0.39 is 36.1 Å². The van der Waals surface area contributed by atoms with Crippen LogP contribution in [-0.2, 0) is 4.74 Å². The summed E-state index contributed by atoms with van der Waals surface area (Å²) in [6.45, 7) is 1.11. The molecule has 128 valence electrons. The number of aliphatic hydroxyl groups is 2. The number of nitrogen functional groups attached to an aromatic ring is 1. The van der Waals surface area contributed by atoms with E-state index in [1.165, 1.54) is 10.9 Å². The number of hydrogen-bond donors (Lipinski definition) is 4. The highest BCUT2D eigenvalue weighted by molar-refractivity contribution is 5.70. The fourth-order valence-electron chi connectivity index (χ4n) is 2.99. The monoisotopic (exact) mass is 336 g/mol. The van der Waals surface area contributed by atoms with Crippen molar-refractivity contribution in [1.82, 2.24) is 19.5 Å². The Labute approximate surface area is 134 Å². The molecular formula is C12H16N8O4. The minimum atomic E-state index is -1.82. The molecule has 0 aromatic carbocycles. The number of anilines is 1. The molecule has 1 saturated heterocycles. The van der Waals surface area contributed by atoms with Gasteiger partial charge in [-0.25, -0.2) is 4.98 Å². The number of aromatic amines is 1. The summed E-state index contributed by atoms with van der Waals surface area (Å²) in [4.78, 5) is 24.9. The first-order valence-corrected chi connectivity index (χ1v) is 7.22. The molecule has 2 aromatic heterocycles. The Bertz CT molecular complexity index is 872. The van der Waals surface area contributed by atoms with Gasteiger partial charge in [-0.3, -0.25) is 14.3 Å². The molecule has 0 amide bonds. The van der Waals surface area contributed by atoms with Crippen molar-refractivity contribution in [2.24, 2.45) is 11.0 Å². The van der Waals surface area contributed by atoms with Gasteiger partial charge in [0.25, 0.3) is 5.56 Å². The SMILES string of the molecule is CC[C@@H]1[C@H](n2cnc3c(=O)[nH]c(N)nc32)O[C@@](CO)(N=[N+]=[N-])[C@H]1O.